The molecule has 2 nitrogen and oxygen atoms in total. The molecule has 0 radical (unpaired) electrons. The first-order chi connectivity index (χ1) is 6.27. The fourth-order valence-corrected chi connectivity index (χ4v) is 1.13. The highest BCUT2D eigenvalue weighted by atomic mass is 35.5. The number of nitrogens with zero attached hydrogens (tertiary/aromatic N) is 1. The zero-order chi connectivity index (χ0) is 9.68. The molecule has 1 atom stereocenters. The van der Waals surface area contributed by atoms with Crippen molar-refractivity contribution in [2.24, 2.45) is 0 Å². The topological polar surface area (TPSA) is 22.1 Å². The van der Waals surface area contributed by atoms with Gasteiger partial charge in [0.1, 0.15) is 5.75 Å². The van der Waals surface area contributed by atoms with E-state index < -0.39 is 0 Å². The number of halogens is 1. The standard InChI is InChI=1S/C10H14ClNO/c1-3-8(2)13-10-4-5-12-7-9(10)6-11/h4-5,7-8H,3,6H2,1-2H3. The molecule has 0 fully saturated rings. The lowest BCUT2D eigenvalue weighted by molar-refractivity contribution is 0.215. The molecular weight excluding hydrogens is 186 g/mol. The maximum Gasteiger partial charge on any atom is 0.127 e. The molecule has 1 heterocycles. The van der Waals surface area contributed by atoms with Crippen molar-refractivity contribution in [2.45, 2.75) is 32.3 Å². The van der Waals surface area contributed by atoms with Gasteiger partial charge in [0.15, 0.2) is 0 Å². The van der Waals surface area contributed by atoms with E-state index in [9.17, 15) is 0 Å². The summed E-state index contributed by atoms with van der Waals surface area (Å²) < 4.78 is 5.66. The monoisotopic (exact) mass is 199 g/mol. The first-order valence-electron chi connectivity index (χ1n) is 4.43. The lowest BCUT2D eigenvalue weighted by Gasteiger charge is -2.14. The van der Waals surface area contributed by atoms with Gasteiger partial charge in [-0.25, -0.2) is 0 Å². The van der Waals surface area contributed by atoms with Gasteiger partial charge < -0.3 is 4.74 Å². The Morgan fingerprint density at radius 2 is 2.38 bits per heavy atom. The third-order valence-corrected chi connectivity index (χ3v) is 2.19. The molecule has 0 aliphatic rings. The molecule has 1 aromatic rings. The van der Waals surface area contributed by atoms with Crippen molar-refractivity contribution >= 4 is 11.6 Å². The van der Waals surface area contributed by atoms with Crippen LogP contribution in [0.3, 0.4) is 0 Å². The van der Waals surface area contributed by atoms with Crippen LogP contribution in [-0.2, 0) is 5.88 Å². The van der Waals surface area contributed by atoms with Crippen LogP contribution in [0.5, 0.6) is 5.75 Å². The van der Waals surface area contributed by atoms with Crippen molar-refractivity contribution < 1.29 is 4.74 Å². The summed E-state index contributed by atoms with van der Waals surface area (Å²) in [6.07, 6.45) is 4.67. The maximum atomic E-state index is 5.74. The Hall–Kier alpha value is -0.760. The predicted molar refractivity (Wildman–Crippen MR) is 54.2 cm³/mol. The summed E-state index contributed by atoms with van der Waals surface area (Å²) >= 11 is 5.74. The number of rotatable bonds is 4. The van der Waals surface area contributed by atoms with Gasteiger partial charge in [0.25, 0.3) is 0 Å². The second-order valence-corrected chi connectivity index (χ2v) is 3.22. The minimum absolute atomic E-state index is 0.226. The molecule has 1 unspecified atom stereocenters. The van der Waals surface area contributed by atoms with Crippen molar-refractivity contribution in [3.63, 3.8) is 0 Å². The van der Waals surface area contributed by atoms with Crippen LogP contribution in [-0.4, -0.2) is 11.1 Å². The smallest absolute Gasteiger partial charge is 0.127 e. The molecule has 1 aromatic heterocycles. The lowest BCUT2D eigenvalue weighted by Crippen LogP contribution is -2.10. The molecule has 0 saturated heterocycles. The summed E-state index contributed by atoms with van der Waals surface area (Å²) in [6.45, 7) is 4.13. The van der Waals surface area contributed by atoms with Crippen LogP contribution in [0.2, 0.25) is 0 Å². The number of ether oxygens (including phenoxy) is 1. The highest BCUT2D eigenvalue weighted by Gasteiger charge is 2.05. The number of aromatic nitrogens is 1. The first-order valence-corrected chi connectivity index (χ1v) is 4.96. The zero-order valence-corrected chi connectivity index (χ0v) is 8.71. The van der Waals surface area contributed by atoms with E-state index in [1.807, 2.05) is 13.0 Å². The van der Waals surface area contributed by atoms with Crippen LogP contribution >= 0.6 is 11.6 Å². The average molecular weight is 200 g/mol. The highest BCUT2D eigenvalue weighted by molar-refractivity contribution is 6.17. The quantitative estimate of drug-likeness (QED) is 0.696. The molecule has 3 heteroatoms. The highest BCUT2D eigenvalue weighted by Crippen LogP contribution is 2.20. The van der Waals surface area contributed by atoms with E-state index in [1.54, 1.807) is 12.4 Å². The molecule has 0 aromatic carbocycles. The molecule has 0 aliphatic heterocycles. The van der Waals surface area contributed by atoms with Crippen molar-refractivity contribution in [2.75, 3.05) is 0 Å². The van der Waals surface area contributed by atoms with Crippen molar-refractivity contribution in [3.8, 4) is 5.75 Å². The van der Waals surface area contributed by atoms with E-state index in [2.05, 4.69) is 11.9 Å². The van der Waals surface area contributed by atoms with Crippen LogP contribution in [0.4, 0.5) is 0 Å². The predicted octanol–water partition coefficient (Wildman–Crippen LogP) is 3.00. The molecule has 0 amide bonds. The van der Waals surface area contributed by atoms with Crippen LogP contribution in [0, 0.1) is 0 Å². The minimum Gasteiger partial charge on any atom is -0.490 e. The SMILES string of the molecule is CCC(C)Oc1ccncc1CCl. The van der Waals surface area contributed by atoms with Gasteiger partial charge in [0, 0.05) is 18.0 Å². The number of hydrogen-bond acceptors (Lipinski definition) is 2. The number of pyridine rings is 1. The van der Waals surface area contributed by atoms with E-state index in [4.69, 9.17) is 16.3 Å². The van der Waals surface area contributed by atoms with Gasteiger partial charge >= 0.3 is 0 Å². The molecular formula is C10H14ClNO. The van der Waals surface area contributed by atoms with Crippen molar-refractivity contribution in [3.05, 3.63) is 24.0 Å². The van der Waals surface area contributed by atoms with E-state index in [1.165, 1.54) is 0 Å². The van der Waals surface area contributed by atoms with E-state index in [-0.39, 0.29) is 6.10 Å². The van der Waals surface area contributed by atoms with E-state index in [0.717, 1.165) is 17.7 Å². The first kappa shape index (κ1) is 10.3. The third-order valence-electron chi connectivity index (χ3n) is 1.91. The summed E-state index contributed by atoms with van der Waals surface area (Å²) in [5.41, 5.74) is 0.949. The Bertz CT molecular complexity index is 265. The molecule has 0 saturated carbocycles. The van der Waals surface area contributed by atoms with Crippen LogP contribution < -0.4 is 4.74 Å². The van der Waals surface area contributed by atoms with Gasteiger partial charge in [-0.15, -0.1) is 11.6 Å². The molecule has 72 valence electrons. The lowest BCUT2D eigenvalue weighted by atomic mass is 10.2. The summed E-state index contributed by atoms with van der Waals surface area (Å²) in [7, 11) is 0. The maximum absolute atomic E-state index is 5.74. The molecule has 0 spiro atoms. The Morgan fingerprint density at radius 1 is 1.62 bits per heavy atom. The Kier molecular flexibility index (Phi) is 4.03. The van der Waals surface area contributed by atoms with Gasteiger partial charge in [-0.1, -0.05) is 6.92 Å². The average Bonchev–Trinajstić information content (AvgIpc) is 2.18. The van der Waals surface area contributed by atoms with E-state index >= 15 is 0 Å². The van der Waals surface area contributed by atoms with Gasteiger partial charge in [0.05, 0.1) is 12.0 Å². The number of hydrogen-bond donors (Lipinski definition) is 0. The van der Waals surface area contributed by atoms with Gasteiger partial charge in [-0.2, -0.15) is 0 Å². The number of alkyl halides is 1. The minimum atomic E-state index is 0.226. The summed E-state index contributed by atoms with van der Waals surface area (Å²) in [4.78, 5) is 3.98. The molecule has 0 N–H and O–H groups in total. The van der Waals surface area contributed by atoms with Crippen molar-refractivity contribution in [1.29, 1.82) is 0 Å². The molecule has 0 bridgehead atoms. The van der Waals surface area contributed by atoms with Crippen LogP contribution in [0.25, 0.3) is 0 Å². The summed E-state index contributed by atoms with van der Waals surface area (Å²) in [6, 6.07) is 1.85. The van der Waals surface area contributed by atoms with Crippen LogP contribution in [0.1, 0.15) is 25.8 Å². The molecule has 0 aliphatic carbocycles. The van der Waals surface area contributed by atoms with Gasteiger partial charge in [0.2, 0.25) is 0 Å². The fraction of sp³-hybridized carbons (Fsp3) is 0.500. The van der Waals surface area contributed by atoms with Crippen LogP contribution in [0.15, 0.2) is 18.5 Å². The Morgan fingerprint density at radius 3 is 3.00 bits per heavy atom. The normalized spacial score (nSPS) is 12.5. The van der Waals surface area contributed by atoms with Gasteiger partial charge in [-0.3, -0.25) is 4.98 Å². The van der Waals surface area contributed by atoms with E-state index in [0.29, 0.717) is 5.88 Å². The molecule has 13 heavy (non-hydrogen) atoms. The second-order valence-electron chi connectivity index (χ2n) is 2.95. The Labute approximate surface area is 83.9 Å². The summed E-state index contributed by atoms with van der Waals surface area (Å²) in [5.74, 6) is 1.29. The Balaban J connectivity index is 2.74. The van der Waals surface area contributed by atoms with Gasteiger partial charge in [-0.05, 0) is 19.4 Å². The zero-order valence-electron chi connectivity index (χ0n) is 7.96. The summed E-state index contributed by atoms with van der Waals surface area (Å²) in [5, 5.41) is 0. The second kappa shape index (κ2) is 5.07. The fourth-order valence-electron chi connectivity index (χ4n) is 0.930. The van der Waals surface area contributed by atoms with Crippen molar-refractivity contribution in [1.82, 2.24) is 4.98 Å². The molecule has 1 rings (SSSR count). The third kappa shape index (κ3) is 2.88. The largest absolute Gasteiger partial charge is 0.490 e.